The first-order valence-corrected chi connectivity index (χ1v) is 11.7. The predicted molar refractivity (Wildman–Crippen MR) is 122 cm³/mol. The Kier molecular flexibility index (Phi) is 6.05. The smallest absolute Gasteiger partial charge is 0.279 e. The SMILES string of the molecule is O=C(CSc1nnc(NC(=O)c2cc(-c3ccc4c(c3)OCCO4)on2)s1)c1ccccc1. The molecule has 0 aliphatic carbocycles. The number of rotatable bonds is 7. The normalized spacial score (nSPS) is 12.4. The largest absolute Gasteiger partial charge is 0.486 e. The van der Waals surface area contributed by atoms with E-state index in [1.54, 1.807) is 30.3 Å². The summed E-state index contributed by atoms with van der Waals surface area (Å²) < 4.78 is 17.0. The molecule has 11 heteroatoms. The van der Waals surface area contributed by atoms with Crippen LogP contribution in [0.2, 0.25) is 0 Å². The third-order valence-electron chi connectivity index (χ3n) is 4.62. The van der Waals surface area contributed by atoms with E-state index in [9.17, 15) is 9.59 Å². The molecule has 0 bridgehead atoms. The van der Waals surface area contributed by atoms with Crippen molar-refractivity contribution in [2.45, 2.75) is 4.34 Å². The molecular weight excluding hydrogens is 464 g/mol. The molecule has 0 saturated carbocycles. The van der Waals surface area contributed by atoms with Crippen molar-refractivity contribution >= 4 is 39.9 Å². The van der Waals surface area contributed by atoms with Crippen LogP contribution in [0.3, 0.4) is 0 Å². The highest BCUT2D eigenvalue weighted by Crippen LogP contribution is 2.35. The Bertz CT molecular complexity index is 1310. The molecule has 4 aromatic rings. The fourth-order valence-corrected chi connectivity index (χ4v) is 4.67. The molecule has 1 aliphatic heterocycles. The van der Waals surface area contributed by atoms with Crippen molar-refractivity contribution in [3.63, 3.8) is 0 Å². The predicted octanol–water partition coefficient (Wildman–Crippen LogP) is 4.19. The second-order valence-corrected chi connectivity index (χ2v) is 9.04. The van der Waals surface area contributed by atoms with Crippen molar-refractivity contribution in [2.75, 3.05) is 24.3 Å². The van der Waals surface area contributed by atoms with Crippen molar-refractivity contribution in [1.29, 1.82) is 0 Å². The lowest BCUT2D eigenvalue weighted by Crippen LogP contribution is -2.15. The molecular formula is C22H16N4O5S2. The topological polar surface area (TPSA) is 116 Å². The molecule has 1 N–H and O–H groups in total. The summed E-state index contributed by atoms with van der Waals surface area (Å²) in [5.74, 6) is 1.45. The standard InChI is InChI=1S/C22H16N4O5S2/c27-16(13-4-2-1-3-5-13)12-32-22-25-24-21(33-22)23-20(28)15-11-18(31-26-15)14-6-7-17-19(10-14)30-9-8-29-17/h1-7,10-11H,8-9,12H2,(H,23,24,28). The van der Waals surface area contributed by atoms with Crippen LogP contribution in [0.1, 0.15) is 20.8 Å². The van der Waals surface area contributed by atoms with Gasteiger partial charge in [0.25, 0.3) is 5.91 Å². The van der Waals surface area contributed by atoms with Gasteiger partial charge in [-0.1, -0.05) is 58.6 Å². The van der Waals surface area contributed by atoms with Crippen LogP contribution in [-0.2, 0) is 0 Å². The van der Waals surface area contributed by atoms with Crippen molar-refractivity contribution in [3.8, 4) is 22.8 Å². The number of anilines is 1. The van der Waals surface area contributed by atoms with E-state index in [0.717, 1.165) is 0 Å². The molecule has 0 fully saturated rings. The zero-order valence-corrected chi connectivity index (χ0v) is 18.6. The van der Waals surface area contributed by atoms with Gasteiger partial charge in [0.2, 0.25) is 5.13 Å². The minimum absolute atomic E-state index is 0.00403. The van der Waals surface area contributed by atoms with Crippen molar-refractivity contribution in [1.82, 2.24) is 15.4 Å². The molecule has 166 valence electrons. The second-order valence-electron chi connectivity index (χ2n) is 6.84. The maximum atomic E-state index is 12.6. The van der Waals surface area contributed by atoms with Gasteiger partial charge in [-0.05, 0) is 18.2 Å². The summed E-state index contributed by atoms with van der Waals surface area (Å²) in [6.07, 6.45) is 0. The number of ketones is 1. The maximum Gasteiger partial charge on any atom is 0.279 e. The lowest BCUT2D eigenvalue weighted by molar-refractivity contribution is 0.101. The van der Waals surface area contributed by atoms with Crippen LogP contribution in [0.25, 0.3) is 11.3 Å². The average Bonchev–Trinajstić information content (AvgIpc) is 3.53. The summed E-state index contributed by atoms with van der Waals surface area (Å²) in [6.45, 7) is 0.983. The Morgan fingerprint density at radius 3 is 2.67 bits per heavy atom. The Balaban J connectivity index is 1.20. The van der Waals surface area contributed by atoms with Gasteiger partial charge in [-0.15, -0.1) is 10.2 Å². The summed E-state index contributed by atoms with van der Waals surface area (Å²) in [7, 11) is 0. The molecule has 0 atom stereocenters. The minimum Gasteiger partial charge on any atom is -0.486 e. The number of aromatic nitrogens is 3. The Morgan fingerprint density at radius 2 is 1.82 bits per heavy atom. The molecule has 3 heterocycles. The number of Topliss-reactive ketones (excluding diaryl/α,β-unsaturated/α-hetero) is 1. The first kappa shape index (κ1) is 21.2. The maximum absolute atomic E-state index is 12.6. The molecule has 9 nitrogen and oxygen atoms in total. The van der Waals surface area contributed by atoms with Gasteiger partial charge in [-0.2, -0.15) is 0 Å². The molecule has 0 unspecified atom stereocenters. The van der Waals surface area contributed by atoms with E-state index in [1.807, 2.05) is 18.2 Å². The number of nitrogens with zero attached hydrogens (tertiary/aromatic N) is 3. The van der Waals surface area contributed by atoms with Crippen molar-refractivity contribution in [2.24, 2.45) is 0 Å². The summed E-state index contributed by atoms with van der Waals surface area (Å²) in [5, 5.41) is 14.8. The number of carbonyl (C=O) groups excluding carboxylic acids is 2. The van der Waals surface area contributed by atoms with E-state index in [4.69, 9.17) is 14.0 Å². The molecule has 33 heavy (non-hydrogen) atoms. The summed E-state index contributed by atoms with van der Waals surface area (Å²) in [6, 6.07) is 15.9. The lowest BCUT2D eigenvalue weighted by atomic mass is 10.1. The highest BCUT2D eigenvalue weighted by Gasteiger charge is 2.19. The summed E-state index contributed by atoms with van der Waals surface area (Å²) >= 11 is 2.45. The molecule has 1 aliphatic rings. The highest BCUT2D eigenvalue weighted by atomic mass is 32.2. The summed E-state index contributed by atoms with van der Waals surface area (Å²) in [4.78, 5) is 24.8. The minimum atomic E-state index is -0.476. The number of carbonyl (C=O) groups is 2. The zero-order chi connectivity index (χ0) is 22.6. The van der Waals surface area contributed by atoms with Crippen LogP contribution in [0, 0.1) is 0 Å². The Hall–Kier alpha value is -3.70. The van der Waals surface area contributed by atoms with Crippen molar-refractivity contribution in [3.05, 3.63) is 65.9 Å². The molecule has 0 spiro atoms. The third-order valence-corrected chi connectivity index (χ3v) is 6.59. The third kappa shape index (κ3) is 4.89. The molecule has 5 rings (SSSR count). The Labute approximate surface area is 196 Å². The van der Waals surface area contributed by atoms with E-state index in [0.29, 0.717) is 51.1 Å². The zero-order valence-electron chi connectivity index (χ0n) is 17.0. The average molecular weight is 481 g/mol. The number of hydrogen-bond acceptors (Lipinski definition) is 10. The first-order valence-electron chi connectivity index (χ1n) is 9.88. The number of fused-ring (bicyclic) bond motifs is 1. The van der Waals surface area contributed by atoms with Crippen LogP contribution in [0.4, 0.5) is 5.13 Å². The quantitative estimate of drug-likeness (QED) is 0.236. The van der Waals surface area contributed by atoms with Gasteiger partial charge in [-0.3, -0.25) is 14.9 Å². The fourth-order valence-electron chi connectivity index (χ4n) is 3.03. The molecule has 2 aromatic carbocycles. The molecule has 0 saturated heterocycles. The molecule has 2 aromatic heterocycles. The van der Waals surface area contributed by atoms with Crippen LogP contribution in [-0.4, -0.2) is 46.0 Å². The van der Waals surface area contributed by atoms with Crippen molar-refractivity contribution < 1.29 is 23.6 Å². The van der Waals surface area contributed by atoms with Crippen LogP contribution in [0.15, 0.2) is 63.5 Å². The van der Waals surface area contributed by atoms with Crippen LogP contribution >= 0.6 is 23.1 Å². The van der Waals surface area contributed by atoms with E-state index >= 15 is 0 Å². The number of nitrogens with one attached hydrogen (secondary N) is 1. The van der Waals surface area contributed by atoms with Gasteiger partial charge in [0.1, 0.15) is 13.2 Å². The molecule has 0 radical (unpaired) electrons. The van der Waals surface area contributed by atoms with Gasteiger partial charge < -0.3 is 14.0 Å². The number of benzene rings is 2. The molecule has 1 amide bonds. The van der Waals surface area contributed by atoms with Crippen LogP contribution in [0.5, 0.6) is 11.5 Å². The monoisotopic (exact) mass is 480 g/mol. The Morgan fingerprint density at radius 1 is 1.00 bits per heavy atom. The van der Waals surface area contributed by atoms with Crippen LogP contribution < -0.4 is 14.8 Å². The highest BCUT2D eigenvalue weighted by molar-refractivity contribution is 8.01. The van der Waals surface area contributed by atoms with E-state index in [-0.39, 0.29) is 17.2 Å². The summed E-state index contributed by atoms with van der Waals surface area (Å²) in [5.41, 5.74) is 1.45. The van der Waals surface area contributed by atoms with Gasteiger partial charge in [0.05, 0.1) is 5.75 Å². The lowest BCUT2D eigenvalue weighted by Gasteiger charge is -2.18. The van der Waals surface area contributed by atoms with Gasteiger partial charge in [-0.25, -0.2) is 0 Å². The van der Waals surface area contributed by atoms with Gasteiger partial charge in [0.15, 0.2) is 33.1 Å². The second kappa shape index (κ2) is 9.43. The van der Waals surface area contributed by atoms with E-state index in [2.05, 4.69) is 20.7 Å². The number of amides is 1. The number of ether oxygens (including phenoxy) is 2. The number of thioether (sulfide) groups is 1. The first-order chi connectivity index (χ1) is 16.2. The van der Waals surface area contributed by atoms with E-state index in [1.165, 1.54) is 29.2 Å². The van der Waals surface area contributed by atoms with Gasteiger partial charge in [0, 0.05) is 17.2 Å². The van der Waals surface area contributed by atoms with E-state index < -0.39 is 5.91 Å². The van der Waals surface area contributed by atoms with Gasteiger partial charge >= 0.3 is 0 Å². The fraction of sp³-hybridized carbons (Fsp3) is 0.136. The number of hydrogen-bond donors (Lipinski definition) is 1.